The van der Waals surface area contributed by atoms with Crippen molar-refractivity contribution in [3.05, 3.63) is 35.7 Å². The first-order valence-electron chi connectivity index (χ1n) is 6.44. The molecule has 2 heterocycles. The molecule has 0 aliphatic rings. The summed E-state index contributed by atoms with van der Waals surface area (Å²) in [6.45, 7) is 10.7. The molecular formula is C15H23NS. The number of pyridine rings is 1. The maximum absolute atomic E-state index is 2.29. The van der Waals surface area contributed by atoms with E-state index in [0.29, 0.717) is 0 Å². The Kier molecular flexibility index (Phi) is 5.63. The third-order valence-electron chi connectivity index (χ3n) is 2.73. The highest BCUT2D eigenvalue weighted by molar-refractivity contribution is 7.99. The van der Waals surface area contributed by atoms with Crippen LogP contribution in [0.1, 0.15) is 38.4 Å². The Labute approximate surface area is 109 Å². The zero-order valence-corrected chi connectivity index (χ0v) is 12.4. The third-order valence-corrected chi connectivity index (χ3v) is 4.23. The van der Waals surface area contributed by atoms with Gasteiger partial charge in [0.05, 0.1) is 0 Å². The van der Waals surface area contributed by atoms with Crippen molar-refractivity contribution in [2.45, 2.75) is 45.9 Å². The standard InChI is InChI=1S/C13H17NS.C2H6/c1-4-9-15-13-10(2)12-7-5-6-8-14(12)11(13)3;1-2/h5-8H,4,9H2,1-3H3;1-2H3. The van der Waals surface area contributed by atoms with Crippen LogP contribution in [0.25, 0.3) is 5.52 Å². The quantitative estimate of drug-likeness (QED) is 0.686. The van der Waals surface area contributed by atoms with Crippen LogP contribution in [0, 0.1) is 13.8 Å². The van der Waals surface area contributed by atoms with Crippen LogP contribution in [0.3, 0.4) is 0 Å². The minimum absolute atomic E-state index is 1.21. The summed E-state index contributed by atoms with van der Waals surface area (Å²) in [6, 6.07) is 6.39. The van der Waals surface area contributed by atoms with Crippen LogP contribution in [-0.2, 0) is 0 Å². The lowest BCUT2D eigenvalue weighted by Gasteiger charge is -2.00. The molecule has 0 N–H and O–H groups in total. The van der Waals surface area contributed by atoms with E-state index in [0.717, 1.165) is 0 Å². The molecule has 17 heavy (non-hydrogen) atoms. The van der Waals surface area contributed by atoms with E-state index in [2.05, 4.69) is 49.6 Å². The van der Waals surface area contributed by atoms with Gasteiger partial charge < -0.3 is 4.40 Å². The van der Waals surface area contributed by atoms with Crippen molar-refractivity contribution >= 4 is 17.3 Å². The number of thioether (sulfide) groups is 1. The Morgan fingerprint density at radius 1 is 1.18 bits per heavy atom. The Morgan fingerprint density at radius 2 is 1.88 bits per heavy atom. The first-order valence-corrected chi connectivity index (χ1v) is 7.43. The molecule has 0 saturated carbocycles. The van der Waals surface area contributed by atoms with Crippen LogP contribution in [0.2, 0.25) is 0 Å². The van der Waals surface area contributed by atoms with Crippen molar-refractivity contribution in [1.82, 2.24) is 4.40 Å². The first kappa shape index (κ1) is 14.2. The second kappa shape index (κ2) is 6.75. The van der Waals surface area contributed by atoms with Gasteiger partial charge in [0.25, 0.3) is 0 Å². The molecular weight excluding hydrogens is 226 g/mol. The molecule has 0 atom stereocenters. The van der Waals surface area contributed by atoms with Gasteiger partial charge in [-0.3, -0.25) is 0 Å². The van der Waals surface area contributed by atoms with Crippen molar-refractivity contribution < 1.29 is 0 Å². The summed E-state index contributed by atoms with van der Waals surface area (Å²) in [5.74, 6) is 1.21. The molecule has 0 spiro atoms. The number of hydrogen-bond acceptors (Lipinski definition) is 1. The summed E-state index contributed by atoms with van der Waals surface area (Å²) in [7, 11) is 0. The molecule has 2 aromatic rings. The highest BCUT2D eigenvalue weighted by atomic mass is 32.2. The lowest BCUT2D eigenvalue weighted by molar-refractivity contribution is 1.07. The maximum Gasteiger partial charge on any atom is 0.0493 e. The van der Waals surface area contributed by atoms with Gasteiger partial charge in [0.2, 0.25) is 0 Å². The zero-order chi connectivity index (χ0) is 12.8. The molecule has 0 aromatic carbocycles. The van der Waals surface area contributed by atoms with Crippen molar-refractivity contribution in [1.29, 1.82) is 0 Å². The van der Waals surface area contributed by atoms with Gasteiger partial charge in [0, 0.05) is 22.3 Å². The molecule has 0 aliphatic carbocycles. The van der Waals surface area contributed by atoms with Crippen LogP contribution >= 0.6 is 11.8 Å². The Bertz CT molecular complexity index is 432. The molecule has 0 bridgehead atoms. The number of fused-ring (bicyclic) bond motifs is 1. The SMILES string of the molecule is CC.CCCSc1c(C)c2ccccn2c1C. The molecule has 2 rings (SSSR count). The van der Waals surface area contributed by atoms with E-state index >= 15 is 0 Å². The fraction of sp³-hybridized carbons (Fsp3) is 0.467. The summed E-state index contributed by atoms with van der Waals surface area (Å²) in [5.41, 5.74) is 4.14. The van der Waals surface area contributed by atoms with Gasteiger partial charge in [-0.25, -0.2) is 0 Å². The molecule has 2 aromatic heterocycles. The van der Waals surface area contributed by atoms with Gasteiger partial charge >= 0.3 is 0 Å². The first-order chi connectivity index (χ1) is 8.25. The monoisotopic (exact) mass is 249 g/mol. The van der Waals surface area contributed by atoms with E-state index < -0.39 is 0 Å². The fourth-order valence-corrected chi connectivity index (χ4v) is 2.99. The van der Waals surface area contributed by atoms with E-state index in [9.17, 15) is 0 Å². The van der Waals surface area contributed by atoms with E-state index in [1.807, 2.05) is 25.6 Å². The van der Waals surface area contributed by atoms with Gasteiger partial charge in [0.1, 0.15) is 0 Å². The van der Waals surface area contributed by atoms with E-state index in [1.165, 1.54) is 33.8 Å². The normalized spacial score (nSPS) is 10.2. The van der Waals surface area contributed by atoms with Crippen LogP contribution in [-0.4, -0.2) is 10.2 Å². The second-order valence-electron chi connectivity index (χ2n) is 3.84. The number of hydrogen-bond donors (Lipinski definition) is 0. The van der Waals surface area contributed by atoms with E-state index in [1.54, 1.807) is 0 Å². The lowest BCUT2D eigenvalue weighted by Crippen LogP contribution is -1.85. The van der Waals surface area contributed by atoms with Crippen LogP contribution < -0.4 is 0 Å². The molecule has 94 valence electrons. The zero-order valence-electron chi connectivity index (χ0n) is 11.6. The van der Waals surface area contributed by atoms with Gasteiger partial charge in [0.15, 0.2) is 0 Å². The smallest absolute Gasteiger partial charge is 0.0493 e. The number of nitrogens with zero attached hydrogens (tertiary/aromatic N) is 1. The Morgan fingerprint density at radius 3 is 2.47 bits per heavy atom. The molecule has 0 saturated heterocycles. The summed E-state index contributed by atoms with van der Waals surface area (Å²) in [4.78, 5) is 1.46. The van der Waals surface area contributed by atoms with Gasteiger partial charge in [-0.1, -0.05) is 26.8 Å². The van der Waals surface area contributed by atoms with Crippen LogP contribution in [0.4, 0.5) is 0 Å². The molecule has 0 unspecified atom stereocenters. The van der Waals surface area contributed by atoms with Crippen molar-refractivity contribution in [2.75, 3.05) is 5.75 Å². The highest BCUT2D eigenvalue weighted by Crippen LogP contribution is 2.31. The van der Waals surface area contributed by atoms with E-state index in [4.69, 9.17) is 0 Å². The molecule has 0 aliphatic heterocycles. The highest BCUT2D eigenvalue weighted by Gasteiger charge is 2.10. The van der Waals surface area contributed by atoms with Crippen molar-refractivity contribution in [3.8, 4) is 0 Å². The fourth-order valence-electron chi connectivity index (χ4n) is 1.96. The average molecular weight is 249 g/mol. The van der Waals surface area contributed by atoms with Gasteiger partial charge in [-0.15, -0.1) is 11.8 Å². The van der Waals surface area contributed by atoms with Crippen molar-refractivity contribution in [3.63, 3.8) is 0 Å². The summed E-state index contributed by atoms with van der Waals surface area (Å²) in [5, 5.41) is 0. The largest absolute Gasteiger partial charge is 0.320 e. The molecule has 0 radical (unpaired) electrons. The van der Waals surface area contributed by atoms with Crippen LogP contribution in [0.5, 0.6) is 0 Å². The minimum Gasteiger partial charge on any atom is -0.320 e. The molecule has 0 fully saturated rings. The molecule has 0 amide bonds. The van der Waals surface area contributed by atoms with E-state index in [-0.39, 0.29) is 0 Å². The Balaban J connectivity index is 0.000000686. The predicted molar refractivity (Wildman–Crippen MR) is 79.2 cm³/mol. The topological polar surface area (TPSA) is 4.41 Å². The number of rotatable bonds is 3. The van der Waals surface area contributed by atoms with Crippen molar-refractivity contribution in [2.24, 2.45) is 0 Å². The predicted octanol–water partition coefficient (Wildman–Crippen LogP) is 5.08. The summed E-state index contributed by atoms with van der Waals surface area (Å²) >= 11 is 1.98. The molecule has 2 heteroatoms. The van der Waals surface area contributed by atoms with Gasteiger partial charge in [-0.2, -0.15) is 0 Å². The van der Waals surface area contributed by atoms with Gasteiger partial charge in [-0.05, 0) is 43.7 Å². The van der Waals surface area contributed by atoms with Crippen LogP contribution in [0.15, 0.2) is 29.3 Å². The molecule has 1 nitrogen and oxygen atoms in total. The second-order valence-corrected chi connectivity index (χ2v) is 4.95. The Hall–Kier alpha value is -0.890. The lowest BCUT2D eigenvalue weighted by atomic mass is 10.3. The third kappa shape index (κ3) is 2.86. The average Bonchev–Trinajstić information content (AvgIpc) is 2.63. The summed E-state index contributed by atoms with van der Waals surface area (Å²) < 4.78 is 2.29. The number of aromatic nitrogens is 1. The minimum atomic E-state index is 1.21. The maximum atomic E-state index is 2.29. The summed E-state index contributed by atoms with van der Waals surface area (Å²) in [6.07, 6.45) is 3.38. The number of aryl methyl sites for hydroxylation is 2.